The van der Waals surface area contributed by atoms with E-state index in [-0.39, 0.29) is 30.2 Å². The van der Waals surface area contributed by atoms with Crippen LogP contribution in [0.1, 0.15) is 126 Å². The van der Waals surface area contributed by atoms with Crippen molar-refractivity contribution in [2.75, 3.05) is 0 Å². The molecule has 9 unspecified atom stereocenters. The normalized spacial score (nSPS) is 32.8. The Morgan fingerprint density at radius 2 is 1.65 bits per heavy atom. The van der Waals surface area contributed by atoms with Crippen LogP contribution in [0.3, 0.4) is 0 Å². The monoisotopic (exact) mass is 914 g/mol. The van der Waals surface area contributed by atoms with Gasteiger partial charge in [0.05, 0.1) is 12.2 Å². The number of nitrogens with zero attached hydrogens (tertiary/aromatic N) is 3. The van der Waals surface area contributed by atoms with Crippen LogP contribution in [-0.2, 0) is 0 Å². The molecule has 1 fully saturated rings. The standard InChI is InChI=1S/C62H67N5S/c1-6-18-40(19-7-1)48-32-30-44(34-51(48)41-20-8-2-9-21-41)46-35-54(62-65-60(42-22-10-3-11-23-42)64-61(66-62)43-24-12-4-13-25-43)59(63-39-46)45-31-33-50-53-37-52-49-28-16-17-29-55(49)67(47-26-14-5-15-27-47)56(52)38-58(53)68-57(50)36-45/h2-3,6,8-10,12,18-22,24-26,30,32-34,36-37,39,45-46,52,54,56,58-59,61-62,66H,1,4-5,7,11,13-17,23,27-29,31,35,38H2,(H,64,65). The van der Waals surface area contributed by atoms with E-state index in [1.165, 1.54) is 102 Å². The number of hydrogen-bond acceptors (Lipinski definition) is 6. The minimum Gasteiger partial charge on any atom is -0.354 e. The fourth-order valence-corrected chi connectivity index (χ4v) is 15.3. The van der Waals surface area contributed by atoms with Gasteiger partial charge >= 0.3 is 0 Å². The van der Waals surface area contributed by atoms with Crippen molar-refractivity contribution in [3.63, 3.8) is 0 Å². The molecule has 2 N–H and O–H groups in total. The summed E-state index contributed by atoms with van der Waals surface area (Å²) < 4.78 is 0. The molecule has 2 aromatic rings. The molecule has 346 valence electrons. The zero-order chi connectivity index (χ0) is 45.0. The number of nitrogens with one attached hydrogen (secondary N) is 2. The third-order valence-corrected chi connectivity index (χ3v) is 18.5. The van der Waals surface area contributed by atoms with Crippen LogP contribution in [0.2, 0.25) is 0 Å². The van der Waals surface area contributed by atoms with Crippen molar-refractivity contribution in [3.05, 3.63) is 183 Å². The van der Waals surface area contributed by atoms with Crippen LogP contribution >= 0.6 is 11.8 Å². The summed E-state index contributed by atoms with van der Waals surface area (Å²) in [6, 6.07) is 19.0. The molecule has 7 aliphatic carbocycles. The lowest BCUT2D eigenvalue weighted by atomic mass is 9.73. The largest absolute Gasteiger partial charge is 0.354 e. The molecule has 6 heteroatoms. The van der Waals surface area contributed by atoms with Gasteiger partial charge in [0.15, 0.2) is 0 Å². The number of thioether (sulfide) groups is 1. The lowest BCUT2D eigenvalue weighted by Crippen LogP contribution is -2.61. The van der Waals surface area contributed by atoms with E-state index in [9.17, 15) is 0 Å². The molecule has 11 aliphatic rings. The smallest absolute Gasteiger partial charge is 0.129 e. The van der Waals surface area contributed by atoms with E-state index in [0.29, 0.717) is 23.1 Å². The predicted octanol–water partition coefficient (Wildman–Crippen LogP) is 14.3. The maximum absolute atomic E-state index is 5.78. The van der Waals surface area contributed by atoms with Crippen molar-refractivity contribution >= 4 is 29.4 Å². The highest BCUT2D eigenvalue weighted by Crippen LogP contribution is 2.58. The summed E-state index contributed by atoms with van der Waals surface area (Å²) in [7, 11) is 0. The molecular weight excluding hydrogens is 847 g/mol. The summed E-state index contributed by atoms with van der Waals surface area (Å²) in [5, 5.41) is 8.76. The second-order valence-electron chi connectivity index (χ2n) is 21.2. The Bertz CT molecular complexity index is 2760. The first-order chi connectivity index (χ1) is 33.7. The van der Waals surface area contributed by atoms with Crippen molar-refractivity contribution in [2.24, 2.45) is 27.7 Å². The first-order valence-electron chi connectivity index (χ1n) is 26.6. The predicted molar refractivity (Wildman–Crippen MR) is 285 cm³/mol. The van der Waals surface area contributed by atoms with Gasteiger partial charge in [0.2, 0.25) is 0 Å². The van der Waals surface area contributed by atoms with E-state index < -0.39 is 0 Å². The van der Waals surface area contributed by atoms with Crippen LogP contribution in [0.25, 0.3) is 16.7 Å². The highest BCUT2D eigenvalue weighted by atomic mass is 32.2. The molecule has 0 saturated carbocycles. The summed E-state index contributed by atoms with van der Waals surface area (Å²) >= 11 is 2.18. The Kier molecular flexibility index (Phi) is 11.7. The minimum absolute atomic E-state index is 0.00795. The fourth-order valence-electron chi connectivity index (χ4n) is 13.8. The van der Waals surface area contributed by atoms with Gasteiger partial charge in [-0.25, -0.2) is 4.99 Å². The number of benzene rings is 2. The fraction of sp³-hybridized carbons (Fsp3) is 0.419. The Morgan fingerprint density at radius 3 is 2.49 bits per heavy atom. The molecule has 2 aromatic carbocycles. The van der Waals surface area contributed by atoms with Crippen LogP contribution in [0.5, 0.6) is 0 Å². The van der Waals surface area contributed by atoms with Gasteiger partial charge in [-0.3, -0.25) is 10.3 Å². The first kappa shape index (κ1) is 42.9. The van der Waals surface area contributed by atoms with E-state index in [2.05, 4.69) is 161 Å². The molecule has 4 heterocycles. The molecular formula is C62H67N5S. The Balaban J connectivity index is 0.849. The lowest BCUT2D eigenvalue weighted by molar-refractivity contribution is 0.212. The summed E-state index contributed by atoms with van der Waals surface area (Å²) in [5.41, 5.74) is 17.5. The highest BCUT2D eigenvalue weighted by molar-refractivity contribution is 8.04. The van der Waals surface area contributed by atoms with Crippen LogP contribution < -0.4 is 10.6 Å². The van der Waals surface area contributed by atoms with Crippen LogP contribution in [-0.4, -0.2) is 46.6 Å². The van der Waals surface area contributed by atoms with Crippen molar-refractivity contribution < 1.29 is 0 Å². The number of hydrogen-bond donors (Lipinski definition) is 2. The molecule has 9 atom stereocenters. The van der Waals surface area contributed by atoms with Gasteiger partial charge in [0.25, 0.3) is 0 Å². The number of amidine groups is 1. The van der Waals surface area contributed by atoms with E-state index in [0.717, 1.165) is 57.2 Å². The van der Waals surface area contributed by atoms with Gasteiger partial charge in [-0.2, -0.15) is 0 Å². The van der Waals surface area contributed by atoms with E-state index in [1.807, 2.05) is 0 Å². The third-order valence-electron chi connectivity index (χ3n) is 17.1. The van der Waals surface area contributed by atoms with Gasteiger partial charge in [-0.15, -0.1) is 11.8 Å². The van der Waals surface area contributed by atoms with Crippen LogP contribution in [0.15, 0.2) is 182 Å². The number of fused-ring (bicyclic) bond motifs is 5. The van der Waals surface area contributed by atoms with Gasteiger partial charge in [-0.05, 0) is 171 Å². The summed E-state index contributed by atoms with van der Waals surface area (Å²) in [6.45, 7) is 0. The molecule has 0 spiro atoms. The maximum atomic E-state index is 5.78. The molecule has 4 aliphatic heterocycles. The van der Waals surface area contributed by atoms with E-state index in [1.54, 1.807) is 28.1 Å². The Hall–Kier alpha value is -5.17. The van der Waals surface area contributed by atoms with Crippen molar-refractivity contribution in [1.29, 1.82) is 0 Å². The first-order valence-corrected chi connectivity index (χ1v) is 27.5. The molecule has 5 nitrogen and oxygen atoms in total. The molecule has 0 aromatic heterocycles. The van der Waals surface area contributed by atoms with Crippen LogP contribution in [0.4, 0.5) is 0 Å². The molecule has 0 amide bonds. The summed E-state index contributed by atoms with van der Waals surface area (Å²) in [6.07, 6.45) is 54.1. The Morgan fingerprint density at radius 1 is 0.750 bits per heavy atom. The molecule has 0 bridgehead atoms. The number of aliphatic imine (C=N–C) groups is 2. The topological polar surface area (TPSA) is 52.0 Å². The van der Waals surface area contributed by atoms with Gasteiger partial charge in [0, 0.05) is 57.5 Å². The zero-order valence-corrected chi connectivity index (χ0v) is 40.5. The lowest BCUT2D eigenvalue weighted by Gasteiger charge is -2.44. The Labute approximate surface area is 409 Å². The van der Waals surface area contributed by atoms with Crippen LogP contribution in [0, 0.1) is 17.8 Å². The zero-order valence-electron chi connectivity index (χ0n) is 39.7. The maximum Gasteiger partial charge on any atom is 0.129 e. The molecule has 68 heavy (non-hydrogen) atoms. The third kappa shape index (κ3) is 8.01. The molecule has 0 radical (unpaired) electrons. The molecule has 13 rings (SSSR count). The SMILES string of the molecule is C1=CCCC(C2=NC(C3=CCCC=C3)NC(C3CC(c4ccc(C5=CCCC=C5)c(-c5ccccc5)c4)C=NC3C3C=C4SC5CC6C(C=C5C4=CC3)C3=C(CCCC3)N6C3=CCCCC3)N2)=C1. The summed E-state index contributed by atoms with van der Waals surface area (Å²) in [5.74, 6) is 2.38. The van der Waals surface area contributed by atoms with Gasteiger partial charge < -0.3 is 10.2 Å². The molecule has 1 saturated heterocycles. The second-order valence-corrected chi connectivity index (χ2v) is 22.5. The van der Waals surface area contributed by atoms with E-state index >= 15 is 0 Å². The van der Waals surface area contributed by atoms with E-state index in [4.69, 9.17) is 9.98 Å². The van der Waals surface area contributed by atoms with Gasteiger partial charge in [-0.1, -0.05) is 121 Å². The van der Waals surface area contributed by atoms with Crippen molar-refractivity contribution in [2.45, 2.75) is 145 Å². The highest BCUT2D eigenvalue weighted by Gasteiger charge is 2.49. The number of allylic oxidation sites excluding steroid dienone is 14. The van der Waals surface area contributed by atoms with Crippen molar-refractivity contribution in [1.82, 2.24) is 15.5 Å². The average molecular weight is 914 g/mol. The quantitative estimate of drug-likeness (QED) is 0.277. The van der Waals surface area contributed by atoms with Gasteiger partial charge in [0.1, 0.15) is 12.0 Å². The summed E-state index contributed by atoms with van der Waals surface area (Å²) in [4.78, 5) is 15.6. The average Bonchev–Trinajstić information content (AvgIpc) is 3.95. The van der Waals surface area contributed by atoms with Crippen molar-refractivity contribution in [3.8, 4) is 11.1 Å². The minimum atomic E-state index is -0.0924. The second kappa shape index (κ2) is 18.6. The number of rotatable bonds is 8.